The highest BCUT2D eigenvalue weighted by Crippen LogP contribution is 2.64. The van der Waals surface area contributed by atoms with Crippen molar-refractivity contribution in [2.24, 2.45) is 0 Å². The van der Waals surface area contributed by atoms with Crippen molar-refractivity contribution in [1.29, 1.82) is 0 Å². The van der Waals surface area contributed by atoms with E-state index in [9.17, 15) is 0 Å². The SMILES string of the molecule is c1ccc(-n2c3ccccc3c3cc(-c4ccc5c(c4)c4ccc6c(c4n5-c4ccccc4)-c4ccccc4C64c5ccccc5-c5ccccc54)ccc32)cc1. The summed E-state index contributed by atoms with van der Waals surface area (Å²) in [6.45, 7) is 0. The van der Waals surface area contributed by atoms with Crippen LogP contribution in [0.4, 0.5) is 0 Å². The Balaban J connectivity index is 1.10. The van der Waals surface area contributed by atoms with Gasteiger partial charge < -0.3 is 9.13 Å². The number of benzene rings is 9. The van der Waals surface area contributed by atoms with Crippen LogP contribution in [0.2, 0.25) is 0 Å². The Kier molecular flexibility index (Phi) is 6.13. The Morgan fingerprint density at radius 1 is 0.298 bits per heavy atom. The predicted octanol–water partition coefficient (Wildman–Crippen LogP) is 13.9. The van der Waals surface area contributed by atoms with E-state index in [1.165, 1.54) is 111 Å². The number of hydrogen-bond donors (Lipinski definition) is 0. The topological polar surface area (TPSA) is 9.86 Å². The zero-order valence-electron chi connectivity index (χ0n) is 31.0. The van der Waals surface area contributed by atoms with Crippen LogP contribution in [0, 0.1) is 0 Å². The first-order valence-corrected chi connectivity index (χ1v) is 19.9. The zero-order valence-corrected chi connectivity index (χ0v) is 31.0. The molecule has 0 amide bonds. The van der Waals surface area contributed by atoms with E-state index in [4.69, 9.17) is 0 Å². The first-order chi connectivity index (χ1) is 28.3. The molecule has 0 atom stereocenters. The molecule has 9 aromatic carbocycles. The van der Waals surface area contributed by atoms with Gasteiger partial charge in [0.05, 0.1) is 27.5 Å². The van der Waals surface area contributed by atoms with Gasteiger partial charge in [-0.05, 0) is 105 Å². The third kappa shape index (κ3) is 3.94. The van der Waals surface area contributed by atoms with Gasteiger partial charge in [-0.25, -0.2) is 0 Å². The quantitative estimate of drug-likeness (QED) is 0.172. The fourth-order valence-electron chi connectivity index (χ4n) is 10.7. The van der Waals surface area contributed by atoms with Crippen LogP contribution in [-0.2, 0) is 5.41 Å². The van der Waals surface area contributed by atoms with Gasteiger partial charge in [-0.2, -0.15) is 0 Å². The summed E-state index contributed by atoms with van der Waals surface area (Å²) < 4.78 is 4.91. The van der Waals surface area contributed by atoms with E-state index in [0.29, 0.717) is 0 Å². The number of hydrogen-bond acceptors (Lipinski definition) is 0. The number of fused-ring (bicyclic) bond motifs is 17. The van der Waals surface area contributed by atoms with Crippen molar-refractivity contribution in [3.05, 3.63) is 229 Å². The standard InChI is InChI=1S/C55H34N2/c1-3-15-37(16-4-1)56-50-26-14-10-21-41(50)44-33-35(27-31-51(44)56)36-28-32-52-45(34-36)42-29-30-49-53(54(42)57(52)38-17-5-2-6-18-38)43-22-9-13-25-48(43)55(49)46-23-11-7-19-39(46)40-20-8-12-24-47(40)55/h1-34H. The van der Waals surface area contributed by atoms with Crippen LogP contribution in [0.1, 0.15) is 22.3 Å². The largest absolute Gasteiger partial charge is 0.309 e. The molecule has 2 heterocycles. The maximum atomic E-state index is 2.52. The molecule has 2 aliphatic rings. The van der Waals surface area contributed by atoms with Gasteiger partial charge >= 0.3 is 0 Å². The molecule has 0 N–H and O–H groups in total. The zero-order chi connectivity index (χ0) is 37.2. The molecule has 264 valence electrons. The summed E-state index contributed by atoms with van der Waals surface area (Å²) in [6.07, 6.45) is 0. The monoisotopic (exact) mass is 722 g/mol. The normalized spacial score (nSPS) is 13.4. The van der Waals surface area contributed by atoms with Gasteiger partial charge in [0.15, 0.2) is 0 Å². The molecular formula is C55H34N2. The lowest BCUT2D eigenvalue weighted by molar-refractivity contribution is 0.794. The molecule has 57 heavy (non-hydrogen) atoms. The van der Waals surface area contributed by atoms with Gasteiger partial charge in [0.2, 0.25) is 0 Å². The Morgan fingerprint density at radius 2 is 0.772 bits per heavy atom. The Bertz CT molecular complexity index is 3410. The van der Waals surface area contributed by atoms with Crippen LogP contribution in [-0.4, -0.2) is 9.13 Å². The van der Waals surface area contributed by atoms with Gasteiger partial charge in [0.1, 0.15) is 0 Å². The molecule has 2 aromatic heterocycles. The number of aromatic nitrogens is 2. The van der Waals surface area contributed by atoms with Gasteiger partial charge in [-0.15, -0.1) is 0 Å². The Morgan fingerprint density at radius 3 is 1.42 bits per heavy atom. The lowest BCUT2D eigenvalue weighted by Crippen LogP contribution is -2.25. The van der Waals surface area contributed by atoms with E-state index < -0.39 is 5.41 Å². The van der Waals surface area contributed by atoms with Gasteiger partial charge in [0, 0.05) is 38.5 Å². The molecule has 2 heteroatoms. The van der Waals surface area contributed by atoms with Gasteiger partial charge in [-0.1, -0.05) is 152 Å². The molecule has 2 nitrogen and oxygen atoms in total. The minimum Gasteiger partial charge on any atom is -0.309 e. The van der Waals surface area contributed by atoms with Gasteiger partial charge in [0.25, 0.3) is 0 Å². The Hall–Kier alpha value is -7.42. The van der Waals surface area contributed by atoms with Crippen molar-refractivity contribution in [3.8, 4) is 44.8 Å². The van der Waals surface area contributed by atoms with E-state index in [0.717, 1.165) is 0 Å². The van der Waals surface area contributed by atoms with Crippen LogP contribution < -0.4 is 0 Å². The number of para-hydroxylation sites is 3. The first kappa shape index (κ1) is 30.9. The fraction of sp³-hybridized carbons (Fsp3) is 0.0182. The third-order valence-corrected chi connectivity index (χ3v) is 12.9. The average Bonchev–Trinajstić information content (AvgIpc) is 3.98. The smallest absolute Gasteiger partial charge is 0.0726 e. The second kappa shape index (κ2) is 11.3. The van der Waals surface area contributed by atoms with Crippen molar-refractivity contribution in [2.45, 2.75) is 5.41 Å². The number of rotatable bonds is 3. The summed E-state index contributed by atoms with van der Waals surface area (Å²) in [5.41, 5.74) is 20.0. The van der Waals surface area contributed by atoms with Crippen LogP contribution in [0.3, 0.4) is 0 Å². The summed E-state index contributed by atoms with van der Waals surface area (Å²) in [5, 5.41) is 5.04. The lowest BCUT2D eigenvalue weighted by Gasteiger charge is -2.30. The number of nitrogens with zero attached hydrogens (tertiary/aromatic N) is 2. The maximum absolute atomic E-state index is 2.52. The van der Waals surface area contributed by atoms with Crippen molar-refractivity contribution in [2.75, 3.05) is 0 Å². The summed E-state index contributed by atoms with van der Waals surface area (Å²) >= 11 is 0. The van der Waals surface area contributed by atoms with Crippen LogP contribution in [0.15, 0.2) is 206 Å². The highest BCUT2D eigenvalue weighted by Gasteiger charge is 2.52. The van der Waals surface area contributed by atoms with Crippen molar-refractivity contribution in [3.63, 3.8) is 0 Å². The van der Waals surface area contributed by atoms with Crippen LogP contribution in [0.5, 0.6) is 0 Å². The Labute approximate surface area is 330 Å². The molecule has 0 aliphatic heterocycles. The maximum Gasteiger partial charge on any atom is 0.0726 e. The van der Waals surface area contributed by atoms with E-state index in [-0.39, 0.29) is 0 Å². The van der Waals surface area contributed by atoms with Crippen LogP contribution >= 0.6 is 0 Å². The summed E-state index contributed by atoms with van der Waals surface area (Å²) in [5.74, 6) is 0. The predicted molar refractivity (Wildman–Crippen MR) is 237 cm³/mol. The fourth-order valence-corrected chi connectivity index (χ4v) is 10.7. The molecule has 0 bridgehead atoms. The molecule has 0 saturated carbocycles. The first-order valence-electron chi connectivity index (χ1n) is 19.9. The summed E-state index contributed by atoms with van der Waals surface area (Å²) in [7, 11) is 0. The molecule has 13 rings (SSSR count). The van der Waals surface area contributed by atoms with Crippen molar-refractivity contribution < 1.29 is 0 Å². The highest BCUT2D eigenvalue weighted by molar-refractivity contribution is 6.18. The molecule has 0 saturated heterocycles. The van der Waals surface area contributed by atoms with E-state index in [1.807, 2.05) is 0 Å². The second-order valence-corrected chi connectivity index (χ2v) is 15.6. The lowest BCUT2D eigenvalue weighted by atomic mass is 9.70. The second-order valence-electron chi connectivity index (χ2n) is 15.6. The van der Waals surface area contributed by atoms with E-state index >= 15 is 0 Å². The molecular weight excluding hydrogens is 689 g/mol. The van der Waals surface area contributed by atoms with Crippen molar-refractivity contribution in [1.82, 2.24) is 9.13 Å². The van der Waals surface area contributed by atoms with E-state index in [1.54, 1.807) is 0 Å². The molecule has 0 radical (unpaired) electrons. The molecule has 11 aromatic rings. The van der Waals surface area contributed by atoms with Gasteiger partial charge in [-0.3, -0.25) is 0 Å². The minimum absolute atomic E-state index is 0.398. The highest BCUT2D eigenvalue weighted by atomic mass is 15.0. The molecule has 0 fully saturated rings. The van der Waals surface area contributed by atoms with Crippen LogP contribution in [0.25, 0.3) is 88.4 Å². The molecule has 1 spiro atoms. The molecule has 2 aliphatic carbocycles. The minimum atomic E-state index is -0.398. The third-order valence-electron chi connectivity index (χ3n) is 12.9. The molecule has 0 unspecified atom stereocenters. The van der Waals surface area contributed by atoms with Crippen molar-refractivity contribution >= 4 is 43.6 Å². The average molecular weight is 723 g/mol. The summed E-state index contributed by atoms with van der Waals surface area (Å²) in [6, 6.07) is 76.6. The van der Waals surface area contributed by atoms with E-state index in [2.05, 4.69) is 215 Å². The summed E-state index contributed by atoms with van der Waals surface area (Å²) in [4.78, 5) is 0.